The summed E-state index contributed by atoms with van der Waals surface area (Å²) in [6.07, 6.45) is 54.7. The quantitative estimate of drug-likeness (QED) is 0.0246. The van der Waals surface area contributed by atoms with Gasteiger partial charge < -0.3 is 20.3 Å². The van der Waals surface area contributed by atoms with Crippen molar-refractivity contribution in [3.63, 3.8) is 0 Å². The molecule has 6 heteroatoms. The van der Waals surface area contributed by atoms with Gasteiger partial charge in [0.2, 0.25) is 5.91 Å². The second-order valence-corrected chi connectivity index (χ2v) is 16.9. The Morgan fingerprint density at radius 2 is 0.931 bits per heavy atom. The van der Waals surface area contributed by atoms with Crippen molar-refractivity contribution in [2.45, 2.75) is 264 Å². The Kier molecular flexibility index (Phi) is 44.2. The summed E-state index contributed by atoms with van der Waals surface area (Å²) in [6.45, 7) is 6.43. The number of carbonyl (C=O) groups is 2. The van der Waals surface area contributed by atoms with Crippen LogP contribution in [0.2, 0.25) is 0 Å². The van der Waals surface area contributed by atoms with Gasteiger partial charge in [0.25, 0.3) is 0 Å². The Balaban J connectivity index is 4.72. The lowest BCUT2D eigenvalue weighted by Crippen LogP contribution is -2.46. The zero-order valence-electron chi connectivity index (χ0n) is 38.4. The van der Waals surface area contributed by atoms with Crippen LogP contribution >= 0.6 is 0 Å². The van der Waals surface area contributed by atoms with Gasteiger partial charge in [0, 0.05) is 6.42 Å². The molecule has 0 aromatic rings. The molecule has 0 aliphatic heterocycles. The fourth-order valence-corrected chi connectivity index (χ4v) is 7.36. The van der Waals surface area contributed by atoms with Gasteiger partial charge in [-0.1, -0.05) is 211 Å². The van der Waals surface area contributed by atoms with E-state index in [2.05, 4.69) is 68.6 Å². The van der Waals surface area contributed by atoms with E-state index in [1.54, 1.807) is 0 Å². The number of aliphatic hydroxyl groups excluding tert-OH is 2. The van der Waals surface area contributed by atoms with Crippen LogP contribution in [0.15, 0.2) is 48.6 Å². The molecule has 1 amide bonds. The van der Waals surface area contributed by atoms with Crippen LogP contribution in [-0.2, 0) is 14.3 Å². The number of amides is 1. The second kappa shape index (κ2) is 45.9. The van der Waals surface area contributed by atoms with E-state index in [0.717, 1.165) is 64.2 Å². The Labute approximate surface area is 359 Å². The van der Waals surface area contributed by atoms with Crippen molar-refractivity contribution in [1.82, 2.24) is 5.32 Å². The van der Waals surface area contributed by atoms with Gasteiger partial charge in [-0.2, -0.15) is 0 Å². The Hall–Kier alpha value is -2.18. The normalized spacial score (nSPS) is 13.7. The van der Waals surface area contributed by atoms with Gasteiger partial charge in [0.15, 0.2) is 0 Å². The van der Waals surface area contributed by atoms with Gasteiger partial charge in [0.1, 0.15) is 6.10 Å². The molecule has 0 aliphatic carbocycles. The Bertz CT molecular complexity index is 1000. The molecule has 0 aromatic heterocycles. The van der Waals surface area contributed by atoms with Crippen molar-refractivity contribution in [1.29, 1.82) is 0 Å². The van der Waals surface area contributed by atoms with Crippen molar-refractivity contribution < 1.29 is 24.5 Å². The first-order chi connectivity index (χ1) is 28.5. The first kappa shape index (κ1) is 55.8. The maximum Gasteiger partial charge on any atom is 0.306 e. The van der Waals surface area contributed by atoms with E-state index >= 15 is 0 Å². The highest BCUT2D eigenvalue weighted by Gasteiger charge is 2.24. The molecule has 0 radical (unpaired) electrons. The Morgan fingerprint density at radius 1 is 0.517 bits per heavy atom. The topological polar surface area (TPSA) is 95.9 Å². The summed E-state index contributed by atoms with van der Waals surface area (Å²) in [4.78, 5) is 26.0. The molecule has 0 fully saturated rings. The predicted octanol–water partition coefficient (Wildman–Crippen LogP) is 14.7. The summed E-state index contributed by atoms with van der Waals surface area (Å²) < 4.78 is 5.87. The molecule has 338 valence electrons. The van der Waals surface area contributed by atoms with Crippen LogP contribution in [-0.4, -0.2) is 46.9 Å². The van der Waals surface area contributed by atoms with Crippen LogP contribution in [0.25, 0.3) is 0 Å². The molecular formula is C52H95NO5. The molecule has 0 saturated carbocycles. The molecule has 3 atom stereocenters. The van der Waals surface area contributed by atoms with Crippen molar-refractivity contribution in [2.24, 2.45) is 0 Å². The van der Waals surface area contributed by atoms with Gasteiger partial charge >= 0.3 is 5.97 Å². The predicted molar refractivity (Wildman–Crippen MR) is 250 cm³/mol. The zero-order chi connectivity index (χ0) is 42.4. The van der Waals surface area contributed by atoms with Gasteiger partial charge in [0.05, 0.1) is 25.2 Å². The minimum atomic E-state index is -0.801. The van der Waals surface area contributed by atoms with E-state index < -0.39 is 18.2 Å². The van der Waals surface area contributed by atoms with E-state index in [0.29, 0.717) is 19.3 Å². The van der Waals surface area contributed by atoms with Gasteiger partial charge in [-0.05, 0) is 70.6 Å². The van der Waals surface area contributed by atoms with Gasteiger partial charge in [-0.25, -0.2) is 0 Å². The lowest BCUT2D eigenvalue weighted by Gasteiger charge is -2.24. The highest BCUT2D eigenvalue weighted by Crippen LogP contribution is 2.16. The van der Waals surface area contributed by atoms with Gasteiger partial charge in [-0.15, -0.1) is 0 Å². The number of nitrogens with one attached hydrogen (secondary N) is 1. The van der Waals surface area contributed by atoms with Crippen LogP contribution in [0.5, 0.6) is 0 Å². The number of rotatable bonds is 44. The number of hydrogen-bond donors (Lipinski definition) is 3. The number of allylic oxidation sites excluding steroid dienone is 8. The summed E-state index contributed by atoms with van der Waals surface area (Å²) in [5.74, 6) is -0.579. The first-order valence-corrected chi connectivity index (χ1v) is 24.9. The Morgan fingerprint density at radius 3 is 1.43 bits per heavy atom. The van der Waals surface area contributed by atoms with Crippen molar-refractivity contribution >= 4 is 11.9 Å². The minimum absolute atomic E-state index is 0.0376. The molecule has 0 saturated heterocycles. The molecule has 0 aromatic carbocycles. The molecule has 58 heavy (non-hydrogen) atoms. The lowest BCUT2D eigenvalue weighted by atomic mass is 10.0. The summed E-state index contributed by atoms with van der Waals surface area (Å²) in [6, 6.07) is -0.719. The van der Waals surface area contributed by atoms with E-state index in [4.69, 9.17) is 4.74 Å². The van der Waals surface area contributed by atoms with Crippen LogP contribution in [0, 0.1) is 0 Å². The van der Waals surface area contributed by atoms with Crippen LogP contribution in [0.1, 0.15) is 245 Å². The highest BCUT2D eigenvalue weighted by atomic mass is 16.5. The van der Waals surface area contributed by atoms with Crippen molar-refractivity contribution in [2.75, 3.05) is 6.61 Å². The number of aliphatic hydroxyl groups is 2. The zero-order valence-corrected chi connectivity index (χ0v) is 38.4. The highest BCUT2D eigenvalue weighted by molar-refractivity contribution is 5.77. The first-order valence-electron chi connectivity index (χ1n) is 24.9. The third kappa shape index (κ3) is 40.6. The largest absolute Gasteiger partial charge is 0.462 e. The van der Waals surface area contributed by atoms with E-state index in [-0.39, 0.29) is 31.3 Å². The molecule has 0 bridgehead atoms. The standard InChI is InChI=1S/C52H95NO5/c1-4-7-10-13-16-19-22-24-25-26-28-29-31-34-37-40-43-48(58-52(57)45-42-39-36-33-30-27-23-20-17-14-11-8-5-2)46-51(56)53-49(47-54)50(55)44-41-38-35-32-21-18-15-12-9-6-3/h25-30,36,39,48-50,54-55H,4-24,31-35,37-38,40-47H2,1-3H3,(H,53,56)/b26-25+,29-28+,30-27-,39-36+. The van der Waals surface area contributed by atoms with E-state index in [1.165, 1.54) is 128 Å². The number of unbranched alkanes of at least 4 members (excludes halogenated alkanes) is 25. The van der Waals surface area contributed by atoms with Crippen LogP contribution in [0.3, 0.4) is 0 Å². The molecule has 3 N–H and O–H groups in total. The molecule has 0 heterocycles. The summed E-state index contributed by atoms with van der Waals surface area (Å²) in [5, 5.41) is 23.6. The third-order valence-corrected chi connectivity index (χ3v) is 11.2. The second-order valence-electron chi connectivity index (χ2n) is 16.9. The number of carbonyl (C=O) groups excluding carboxylic acids is 2. The number of hydrogen-bond acceptors (Lipinski definition) is 5. The van der Waals surface area contributed by atoms with Crippen molar-refractivity contribution in [3.05, 3.63) is 48.6 Å². The SMILES string of the molecule is CCCCCCCC/C=C\C/C=C/CCC(=O)OC(CCCCC/C=C/C=C/CCCCCCCCC)CC(=O)NC(CO)C(O)CCCCCCCCCCCC. The van der Waals surface area contributed by atoms with Gasteiger partial charge in [-0.3, -0.25) is 9.59 Å². The molecule has 0 spiro atoms. The number of esters is 1. The number of ether oxygens (including phenoxy) is 1. The summed E-state index contributed by atoms with van der Waals surface area (Å²) in [5.41, 5.74) is 0. The monoisotopic (exact) mass is 814 g/mol. The van der Waals surface area contributed by atoms with E-state index in [9.17, 15) is 19.8 Å². The smallest absolute Gasteiger partial charge is 0.306 e. The average Bonchev–Trinajstić information content (AvgIpc) is 3.22. The lowest BCUT2D eigenvalue weighted by molar-refractivity contribution is -0.150. The molecular weight excluding hydrogens is 719 g/mol. The minimum Gasteiger partial charge on any atom is -0.462 e. The average molecular weight is 814 g/mol. The molecule has 0 aliphatic rings. The molecule has 0 rings (SSSR count). The third-order valence-electron chi connectivity index (χ3n) is 11.2. The van der Waals surface area contributed by atoms with Crippen LogP contribution < -0.4 is 5.32 Å². The fraction of sp³-hybridized carbons (Fsp3) is 0.808. The summed E-state index contributed by atoms with van der Waals surface area (Å²) >= 11 is 0. The molecule has 6 nitrogen and oxygen atoms in total. The maximum absolute atomic E-state index is 13.2. The molecule has 3 unspecified atom stereocenters. The van der Waals surface area contributed by atoms with Crippen molar-refractivity contribution in [3.8, 4) is 0 Å². The van der Waals surface area contributed by atoms with E-state index in [1.807, 2.05) is 6.08 Å². The van der Waals surface area contributed by atoms with Crippen LogP contribution in [0.4, 0.5) is 0 Å². The summed E-state index contributed by atoms with van der Waals surface area (Å²) in [7, 11) is 0. The maximum atomic E-state index is 13.2. The fourth-order valence-electron chi connectivity index (χ4n) is 7.36.